The minimum atomic E-state index is -1.86. The molecule has 0 aromatic heterocycles. The number of aliphatic hydroxyl groups excluding tert-OH is 1. The summed E-state index contributed by atoms with van der Waals surface area (Å²) in [7, 11) is 0. The van der Waals surface area contributed by atoms with E-state index in [1.165, 1.54) is 30.8 Å². The van der Waals surface area contributed by atoms with Crippen LogP contribution in [0.3, 0.4) is 0 Å². The number of likely N-dealkylation sites (tertiary alicyclic amines) is 1. The van der Waals surface area contributed by atoms with Crippen LogP contribution in [0.25, 0.3) is 10.8 Å². The largest absolute Gasteiger partial charge is 0.480 e. The van der Waals surface area contributed by atoms with Crippen LogP contribution >= 0.6 is 11.6 Å². The Morgan fingerprint density at radius 1 is 0.538 bits per heavy atom. The molecule has 6 aromatic rings. The van der Waals surface area contributed by atoms with Crippen LogP contribution in [0.15, 0.2) is 146 Å². The summed E-state index contributed by atoms with van der Waals surface area (Å²) in [6.07, 6.45) is -0.264. The first-order chi connectivity index (χ1) is 56.9. The van der Waals surface area contributed by atoms with Crippen LogP contribution < -0.4 is 75.5 Å². The molecular weight excluding hydrogens is 1550 g/mol. The van der Waals surface area contributed by atoms with E-state index in [-0.39, 0.29) is 89.3 Å². The van der Waals surface area contributed by atoms with E-state index in [1.54, 1.807) is 117 Å². The molecule has 12 amide bonds. The number of primary amides is 1. The number of hydrogen-bond acceptors (Lipinski definition) is 19. The Morgan fingerprint density at radius 3 is 1.52 bits per heavy atom. The number of benzene rings is 6. The van der Waals surface area contributed by atoms with Crippen LogP contribution in [-0.2, 0) is 112 Å². The van der Waals surface area contributed by atoms with Crippen molar-refractivity contribution in [2.45, 2.75) is 172 Å². The summed E-state index contributed by atoms with van der Waals surface area (Å²) in [5.74, 6) is -11.4. The van der Waals surface area contributed by atoms with E-state index in [0.29, 0.717) is 77.7 Å². The van der Waals surface area contributed by atoms with E-state index in [1.807, 2.05) is 42.5 Å². The van der Waals surface area contributed by atoms with Gasteiger partial charge in [-0.1, -0.05) is 159 Å². The Bertz CT molecular complexity index is 4480. The van der Waals surface area contributed by atoms with E-state index < -0.39 is 150 Å². The maximum Gasteiger partial charge on any atom is 0.317 e. The van der Waals surface area contributed by atoms with E-state index in [0.717, 1.165) is 16.3 Å². The van der Waals surface area contributed by atoms with Crippen molar-refractivity contribution in [2.75, 3.05) is 52.5 Å². The lowest BCUT2D eigenvalue weighted by atomic mass is 9.97. The lowest BCUT2D eigenvalue weighted by Crippen LogP contribution is -2.62. The fourth-order valence-electron chi connectivity index (χ4n) is 13.9. The van der Waals surface area contributed by atoms with Crippen LogP contribution in [0.4, 0.5) is 0 Å². The summed E-state index contributed by atoms with van der Waals surface area (Å²) < 4.78 is 5.56. The Balaban J connectivity index is 1.11. The molecule has 0 spiro atoms. The molecular formula is C84H109ClN18O16. The molecule has 35 heteroatoms. The maximum atomic E-state index is 15.6. The zero-order valence-corrected chi connectivity index (χ0v) is 68.1. The number of rotatable bonds is 44. The lowest BCUT2D eigenvalue weighted by Gasteiger charge is -2.31. The van der Waals surface area contributed by atoms with Gasteiger partial charge in [0, 0.05) is 77.3 Å². The van der Waals surface area contributed by atoms with E-state index in [4.69, 9.17) is 33.2 Å². The maximum absolute atomic E-state index is 15.6. The van der Waals surface area contributed by atoms with Crippen LogP contribution in [0, 0.1) is 11.3 Å². The highest BCUT2D eigenvalue weighted by Crippen LogP contribution is 2.24. The number of carbonyl (C=O) groups excluding carboxylic acids is 12. The lowest BCUT2D eigenvalue weighted by molar-refractivity contribution is -0.142. The number of guanidine groups is 1. The molecule has 0 unspecified atom stereocenters. The summed E-state index contributed by atoms with van der Waals surface area (Å²) in [6, 6.07) is 27.5. The molecule has 8 rings (SSSR count). The highest BCUT2D eigenvalue weighted by molar-refractivity contribution is 6.30. The van der Waals surface area contributed by atoms with Crippen LogP contribution in [0.5, 0.6) is 0 Å². The van der Waals surface area contributed by atoms with Crippen molar-refractivity contribution in [2.24, 2.45) is 17.4 Å². The number of aliphatic carboxylic acids is 1. The van der Waals surface area contributed by atoms with Gasteiger partial charge in [-0.3, -0.25) is 88.8 Å². The zero-order chi connectivity index (χ0) is 86.2. The number of carboxylic acid groups (broad SMARTS) is 1. The molecule has 10 atom stereocenters. The summed E-state index contributed by atoms with van der Waals surface area (Å²) >= 11 is 6.29. The molecule has 2 fully saturated rings. The number of nitrogens with one attached hydrogen (secondary N) is 13. The van der Waals surface area contributed by atoms with Crippen molar-refractivity contribution < 1.29 is 77.3 Å². The molecule has 0 radical (unpaired) electrons. The summed E-state index contributed by atoms with van der Waals surface area (Å²) in [6.45, 7) is 8.97. The van der Waals surface area contributed by atoms with Gasteiger partial charge in [0.05, 0.1) is 39.0 Å². The Labute approximate surface area is 695 Å². The summed E-state index contributed by atoms with van der Waals surface area (Å²) in [4.78, 5) is 186. The minimum absolute atomic E-state index is 0.00805. The number of amides is 12. The molecule has 0 saturated carbocycles. The first-order valence-corrected chi connectivity index (χ1v) is 40.0. The summed E-state index contributed by atoms with van der Waals surface area (Å²) in [5, 5.41) is 59.3. The number of morpholine rings is 1. The average Bonchev–Trinajstić information content (AvgIpc) is 1.77. The van der Waals surface area contributed by atoms with E-state index in [2.05, 4.69) is 68.9 Å². The third-order valence-electron chi connectivity index (χ3n) is 20.0. The quantitative estimate of drug-likeness (QED) is 0.0107. The molecule has 2 aliphatic rings. The second-order valence-corrected chi connectivity index (χ2v) is 30.5. The third kappa shape index (κ3) is 30.2. The van der Waals surface area contributed by atoms with Crippen molar-refractivity contribution in [3.05, 3.63) is 190 Å². The van der Waals surface area contributed by atoms with Gasteiger partial charge in [0.2, 0.25) is 70.9 Å². The fourth-order valence-corrected chi connectivity index (χ4v) is 14.0. The van der Waals surface area contributed by atoms with Crippen molar-refractivity contribution in [1.29, 1.82) is 5.41 Å². The molecule has 638 valence electrons. The van der Waals surface area contributed by atoms with E-state index in [9.17, 15) is 48.6 Å². The van der Waals surface area contributed by atoms with Gasteiger partial charge in [0.25, 0.3) is 0 Å². The number of nitrogens with zero attached hydrogens (tertiary/aromatic N) is 3. The van der Waals surface area contributed by atoms with Gasteiger partial charge in [-0.2, -0.15) is 0 Å². The van der Waals surface area contributed by atoms with Crippen molar-refractivity contribution >= 4 is 105 Å². The van der Waals surface area contributed by atoms with Gasteiger partial charge < -0.3 is 79.2 Å². The Hall–Kier alpha value is -11.9. The number of carbonyl (C=O) groups is 13. The molecule has 6 aromatic carbocycles. The van der Waals surface area contributed by atoms with Crippen molar-refractivity contribution in [3.63, 3.8) is 0 Å². The first-order valence-electron chi connectivity index (χ1n) is 39.6. The molecule has 2 heterocycles. The topological polar surface area (TPSA) is 502 Å². The number of ether oxygens (including phenoxy) is 1. The van der Waals surface area contributed by atoms with Gasteiger partial charge in [0.1, 0.15) is 54.4 Å². The predicted molar refractivity (Wildman–Crippen MR) is 443 cm³/mol. The molecule has 0 bridgehead atoms. The van der Waals surface area contributed by atoms with Crippen LogP contribution in [0.1, 0.15) is 106 Å². The highest BCUT2D eigenvalue weighted by Gasteiger charge is 2.41. The van der Waals surface area contributed by atoms with E-state index >= 15 is 24.0 Å². The summed E-state index contributed by atoms with van der Waals surface area (Å²) in [5.41, 5.74) is 20.3. The highest BCUT2D eigenvalue weighted by atomic mass is 35.5. The molecule has 119 heavy (non-hydrogen) atoms. The number of fused-ring (bicyclic) bond motifs is 1. The van der Waals surface area contributed by atoms with Gasteiger partial charge >= 0.3 is 5.97 Å². The molecule has 0 aliphatic carbocycles. The van der Waals surface area contributed by atoms with Gasteiger partial charge in [-0.25, -0.2) is 0 Å². The predicted octanol–water partition coefficient (Wildman–Crippen LogP) is 0.462. The standard InChI is InChI=1S/C84H109ClN18O16/c1-50(2)40-66(76(111)92-64(20-12-34-89-84(87)88)83(118)102-35-13-21-72(102)82(117)91-51(3)74(86)109)93-77(112)69(42-56-24-28-59(29-25-56)48-103(99-52(4)105)100-53(5)106)96-79(114)70(43-55-22-26-58(27-23-55)47-101-36-38-119-39-37-101)97-81(116)71(49-104)98-80(115)67(41-54-14-7-6-8-15-54)95-78(113)68(44-57-30-32-62(85)33-31-57)94-75(110)65(90-46-73(107)108)45-61-18-11-17-60-16-9-10-19-63(60)61/h6-11,14-19,22-33,50-51,64-72,90,104H,12-13,20-21,34-49H2,1-5H3,(H2,86,109)(H,91,117)(H,92,111)(H,93,112)(H,94,110)(H,95,113)(H,96,114)(H,97,116)(H,98,115)(H,99,105)(H,100,106)(H,107,108)(H4,87,88,89)/t51-,64+,65-,66+,67-,68-,69-,70+,71+,72+/m1/s1. The van der Waals surface area contributed by atoms with Gasteiger partial charge in [-0.05, 0) is 113 Å². The molecule has 34 nitrogen and oxygen atoms in total. The number of hydrazine groups is 2. The number of aliphatic hydroxyl groups is 1. The van der Waals surface area contributed by atoms with Crippen molar-refractivity contribution in [1.82, 2.24) is 78.9 Å². The molecule has 2 saturated heterocycles. The second-order valence-electron chi connectivity index (χ2n) is 30.1. The van der Waals surface area contributed by atoms with Crippen LogP contribution in [-0.4, -0.2) is 221 Å². The number of nitrogens with two attached hydrogens (primary N) is 2. The Kier molecular flexibility index (Phi) is 36.0. The number of carboxylic acids is 1. The SMILES string of the molecule is CC(=O)NN(Cc1ccc(C[C@@H](NC(=O)[C@H](Cc2ccc(CN3CCOCC3)cc2)NC(=O)[C@H](CO)NC(=O)[C@@H](Cc2ccccc2)NC(=O)[C@@H](Cc2ccc(Cl)cc2)NC(=O)[C@@H](Cc2cccc3ccccc23)NCC(=O)O)C(=O)N[C@@H](CC(C)C)C(=O)N[C@@H](CCCNC(=N)N)C(=O)N2CCC[C@H]2C(=O)N[C@H](C)C(N)=O)cc1)NC(C)=O. The molecule has 2 aliphatic heterocycles. The monoisotopic (exact) mass is 1660 g/mol. The molecule has 19 N–H and O–H groups in total. The van der Waals surface area contributed by atoms with Crippen LogP contribution in [0.2, 0.25) is 5.02 Å². The average molecular weight is 1660 g/mol. The fraction of sp³-hybridized carbons (Fsp3) is 0.429. The van der Waals surface area contributed by atoms with Crippen molar-refractivity contribution in [3.8, 4) is 0 Å². The zero-order valence-electron chi connectivity index (χ0n) is 67.3. The Morgan fingerprint density at radius 2 is 1.00 bits per heavy atom. The second kappa shape index (κ2) is 46.3. The number of halogens is 1. The number of hydrogen-bond donors (Lipinski definition) is 17. The first kappa shape index (κ1) is 92.6. The van der Waals surface area contributed by atoms with Gasteiger partial charge in [0.15, 0.2) is 5.96 Å². The minimum Gasteiger partial charge on any atom is -0.480 e. The third-order valence-corrected chi connectivity index (χ3v) is 20.3. The van der Waals surface area contributed by atoms with Gasteiger partial charge in [-0.15, -0.1) is 5.12 Å². The normalized spacial score (nSPS) is 15.7. The smallest absolute Gasteiger partial charge is 0.317 e.